The van der Waals surface area contributed by atoms with Gasteiger partial charge in [0, 0.05) is 17.4 Å². The number of benzene rings is 1. The molecule has 1 atom stereocenters. The molecule has 0 aliphatic heterocycles. The zero-order chi connectivity index (χ0) is 18.6. The Morgan fingerprint density at radius 3 is 2.40 bits per heavy atom. The van der Waals surface area contributed by atoms with Crippen LogP contribution >= 0.6 is 0 Å². The van der Waals surface area contributed by atoms with Crippen molar-refractivity contribution >= 4 is 11.7 Å². The van der Waals surface area contributed by atoms with Crippen LogP contribution in [-0.2, 0) is 4.79 Å². The lowest BCUT2D eigenvalue weighted by molar-refractivity contribution is -0.115. The van der Waals surface area contributed by atoms with Gasteiger partial charge in [0.25, 0.3) is 0 Å². The predicted molar refractivity (Wildman–Crippen MR) is 101 cm³/mol. The highest BCUT2D eigenvalue weighted by atomic mass is 16.2. The third-order valence-electron chi connectivity index (χ3n) is 4.68. The van der Waals surface area contributed by atoms with Gasteiger partial charge in [0.2, 0.25) is 5.91 Å². The number of nitriles is 1. The molecule has 1 heterocycles. The molecule has 132 valence electrons. The summed E-state index contributed by atoms with van der Waals surface area (Å²) in [6.45, 7) is 10.3. The van der Waals surface area contributed by atoms with Crippen LogP contribution < -0.4 is 10.6 Å². The van der Waals surface area contributed by atoms with Gasteiger partial charge < -0.3 is 10.6 Å². The summed E-state index contributed by atoms with van der Waals surface area (Å²) in [5.74, 6) is 0.825. The Labute approximate surface area is 149 Å². The summed E-state index contributed by atoms with van der Waals surface area (Å²) in [7, 11) is 0. The van der Waals surface area contributed by atoms with Crippen molar-refractivity contribution in [2.45, 2.75) is 40.7 Å². The van der Waals surface area contributed by atoms with Gasteiger partial charge in [0.15, 0.2) is 0 Å². The molecule has 25 heavy (non-hydrogen) atoms. The lowest BCUT2D eigenvalue weighted by Gasteiger charge is -2.18. The van der Waals surface area contributed by atoms with Crippen LogP contribution in [-0.4, -0.2) is 23.1 Å². The van der Waals surface area contributed by atoms with Gasteiger partial charge in [-0.15, -0.1) is 0 Å². The van der Waals surface area contributed by atoms with Gasteiger partial charge in [-0.1, -0.05) is 32.0 Å². The molecule has 2 aromatic rings. The maximum absolute atomic E-state index is 12.4. The smallest absolute Gasteiger partial charge is 0.239 e. The molecule has 0 saturated heterocycles. The average molecular weight is 338 g/mol. The maximum atomic E-state index is 12.4. The van der Waals surface area contributed by atoms with E-state index in [1.165, 1.54) is 0 Å². The fourth-order valence-electron chi connectivity index (χ4n) is 2.63. The standard InChI is InChI=1S/C20H26N4O/c1-13(2)15(4)22-12-19(25)23-20-18(11-21)14(3)16(5)24(20)17-9-7-6-8-10-17/h6-10,13,15,22H,12H2,1-5H3,(H,23,25). The number of hydrogen-bond acceptors (Lipinski definition) is 3. The molecule has 2 N–H and O–H groups in total. The maximum Gasteiger partial charge on any atom is 0.239 e. The molecule has 1 aromatic heterocycles. The van der Waals surface area contributed by atoms with Crippen LogP contribution in [0.4, 0.5) is 5.82 Å². The second kappa shape index (κ2) is 8.00. The van der Waals surface area contributed by atoms with E-state index in [-0.39, 0.29) is 18.5 Å². The Balaban J connectivity index is 2.32. The van der Waals surface area contributed by atoms with Crippen molar-refractivity contribution in [3.63, 3.8) is 0 Å². The van der Waals surface area contributed by atoms with Gasteiger partial charge in [0.1, 0.15) is 11.9 Å². The number of hydrogen-bond donors (Lipinski definition) is 2. The molecule has 1 aromatic carbocycles. The van der Waals surface area contributed by atoms with Gasteiger partial charge in [0.05, 0.1) is 12.1 Å². The number of anilines is 1. The number of aromatic nitrogens is 1. The van der Waals surface area contributed by atoms with Crippen molar-refractivity contribution in [3.05, 3.63) is 47.2 Å². The summed E-state index contributed by atoms with van der Waals surface area (Å²) in [6.07, 6.45) is 0. The first-order valence-corrected chi connectivity index (χ1v) is 8.57. The Hall–Kier alpha value is -2.58. The van der Waals surface area contributed by atoms with Crippen molar-refractivity contribution < 1.29 is 4.79 Å². The summed E-state index contributed by atoms with van der Waals surface area (Å²) in [6, 6.07) is 12.2. The van der Waals surface area contributed by atoms with Gasteiger partial charge >= 0.3 is 0 Å². The Kier molecular flexibility index (Phi) is 6.00. The first-order valence-electron chi connectivity index (χ1n) is 8.57. The van der Waals surface area contributed by atoms with E-state index >= 15 is 0 Å². The third-order valence-corrected chi connectivity index (χ3v) is 4.68. The Bertz CT molecular complexity index is 784. The van der Waals surface area contributed by atoms with E-state index in [1.54, 1.807) is 0 Å². The number of nitrogens with one attached hydrogen (secondary N) is 2. The average Bonchev–Trinajstić information content (AvgIpc) is 2.83. The number of amides is 1. The van der Waals surface area contributed by atoms with Gasteiger partial charge in [-0.3, -0.25) is 9.36 Å². The number of nitrogens with zero attached hydrogens (tertiary/aromatic N) is 2. The second-order valence-electron chi connectivity index (χ2n) is 6.68. The lowest BCUT2D eigenvalue weighted by Crippen LogP contribution is -2.37. The van der Waals surface area contributed by atoms with Gasteiger partial charge in [-0.05, 0) is 44.4 Å². The molecule has 0 aliphatic rings. The molecule has 0 radical (unpaired) electrons. The normalized spacial score (nSPS) is 12.0. The fourth-order valence-corrected chi connectivity index (χ4v) is 2.63. The minimum absolute atomic E-state index is 0.154. The Morgan fingerprint density at radius 2 is 1.84 bits per heavy atom. The minimum atomic E-state index is -0.154. The van der Waals surface area contributed by atoms with E-state index in [4.69, 9.17) is 0 Å². The quantitative estimate of drug-likeness (QED) is 0.846. The molecular weight excluding hydrogens is 312 g/mol. The molecular formula is C20H26N4O. The van der Waals surface area contributed by atoms with E-state index in [2.05, 4.69) is 37.5 Å². The topological polar surface area (TPSA) is 69.8 Å². The Morgan fingerprint density at radius 1 is 1.20 bits per heavy atom. The van der Waals surface area contributed by atoms with Crippen LogP contribution in [0.15, 0.2) is 30.3 Å². The fraction of sp³-hybridized carbons (Fsp3) is 0.400. The molecule has 0 saturated carbocycles. The largest absolute Gasteiger partial charge is 0.310 e. The van der Waals surface area contributed by atoms with Crippen LogP contribution in [0.25, 0.3) is 5.69 Å². The van der Waals surface area contributed by atoms with Crippen LogP contribution in [0, 0.1) is 31.1 Å². The van der Waals surface area contributed by atoms with Crippen molar-refractivity contribution in [2.24, 2.45) is 5.92 Å². The molecule has 2 rings (SSSR count). The minimum Gasteiger partial charge on any atom is -0.310 e. The third kappa shape index (κ3) is 4.09. The van der Waals surface area contributed by atoms with Crippen molar-refractivity contribution in [2.75, 3.05) is 11.9 Å². The summed E-state index contributed by atoms with van der Waals surface area (Å²) < 4.78 is 1.93. The number of rotatable bonds is 6. The van der Waals surface area contributed by atoms with Crippen molar-refractivity contribution in [1.29, 1.82) is 5.26 Å². The molecule has 1 amide bonds. The first kappa shape index (κ1) is 18.8. The summed E-state index contributed by atoms with van der Waals surface area (Å²) >= 11 is 0. The lowest BCUT2D eigenvalue weighted by atomic mass is 10.1. The van der Waals surface area contributed by atoms with E-state index in [1.807, 2.05) is 48.7 Å². The van der Waals surface area contributed by atoms with E-state index in [0.29, 0.717) is 17.3 Å². The first-order chi connectivity index (χ1) is 11.9. The van der Waals surface area contributed by atoms with E-state index in [9.17, 15) is 10.1 Å². The van der Waals surface area contributed by atoms with Crippen molar-refractivity contribution in [3.8, 4) is 11.8 Å². The highest BCUT2D eigenvalue weighted by Gasteiger charge is 2.20. The van der Waals surface area contributed by atoms with Gasteiger partial charge in [-0.2, -0.15) is 5.26 Å². The molecule has 0 fully saturated rings. The molecule has 0 spiro atoms. The monoisotopic (exact) mass is 338 g/mol. The number of carbonyl (C=O) groups excluding carboxylic acids is 1. The second-order valence-corrected chi connectivity index (χ2v) is 6.68. The SMILES string of the molecule is Cc1c(C#N)c(NC(=O)CNC(C)C(C)C)n(-c2ccccc2)c1C. The van der Waals surface area contributed by atoms with Crippen LogP contribution in [0.2, 0.25) is 0 Å². The zero-order valence-corrected chi connectivity index (χ0v) is 15.6. The summed E-state index contributed by atoms with van der Waals surface area (Å²) in [5, 5.41) is 15.7. The number of carbonyl (C=O) groups is 1. The molecule has 5 nitrogen and oxygen atoms in total. The van der Waals surface area contributed by atoms with Gasteiger partial charge in [-0.25, -0.2) is 0 Å². The van der Waals surface area contributed by atoms with Crippen LogP contribution in [0.5, 0.6) is 0 Å². The highest BCUT2D eigenvalue weighted by Crippen LogP contribution is 2.29. The summed E-state index contributed by atoms with van der Waals surface area (Å²) in [4.78, 5) is 12.4. The molecule has 0 aliphatic carbocycles. The predicted octanol–water partition coefficient (Wildman–Crippen LogP) is 3.54. The summed E-state index contributed by atoms with van der Waals surface area (Å²) in [5.41, 5.74) is 3.25. The molecule has 1 unspecified atom stereocenters. The number of para-hydroxylation sites is 1. The van der Waals surface area contributed by atoms with Crippen LogP contribution in [0.1, 0.15) is 37.6 Å². The molecule has 5 heteroatoms. The van der Waals surface area contributed by atoms with Crippen molar-refractivity contribution in [1.82, 2.24) is 9.88 Å². The van der Waals surface area contributed by atoms with E-state index < -0.39 is 0 Å². The van der Waals surface area contributed by atoms with Crippen LogP contribution in [0.3, 0.4) is 0 Å². The highest BCUT2D eigenvalue weighted by molar-refractivity contribution is 5.93. The van der Waals surface area contributed by atoms with E-state index in [0.717, 1.165) is 16.9 Å². The molecule has 0 bridgehead atoms. The zero-order valence-electron chi connectivity index (χ0n) is 15.6.